The van der Waals surface area contributed by atoms with Crippen LogP contribution in [0.1, 0.15) is 33.2 Å². The Labute approximate surface area is 142 Å². The van der Waals surface area contributed by atoms with Gasteiger partial charge in [-0.2, -0.15) is 0 Å². The van der Waals surface area contributed by atoms with Gasteiger partial charge < -0.3 is 5.11 Å². The number of nitrogens with zero attached hydrogens (tertiary/aromatic N) is 1. The topological polar surface area (TPSA) is 74.7 Å². The van der Waals surface area contributed by atoms with Crippen molar-refractivity contribution in [2.75, 3.05) is 0 Å². The molecule has 1 atom stereocenters. The lowest BCUT2D eigenvalue weighted by Crippen LogP contribution is -2.39. The monoisotopic (exact) mass is 347 g/mol. The number of amides is 2. The Hall–Kier alpha value is -3.09. The van der Waals surface area contributed by atoms with Crippen LogP contribution in [-0.2, 0) is 11.2 Å². The standard InChI is InChI=1S/C17H13F2NO2.CH2O2/c1-10(6-11-7-12(18)9-13(19)8-11)20-16(21)14-4-2-3-5-15(14)17(20)22;2-1-3/h2-5,7-10H,6H2,1H3;1H,(H,2,3). The zero-order valence-corrected chi connectivity index (χ0v) is 13.3. The average Bonchev–Trinajstić information content (AvgIpc) is 2.79. The van der Waals surface area contributed by atoms with E-state index < -0.39 is 17.7 Å². The molecule has 2 aromatic carbocycles. The molecule has 2 amide bonds. The number of hydrogen-bond acceptors (Lipinski definition) is 3. The molecule has 7 heteroatoms. The van der Waals surface area contributed by atoms with E-state index in [1.165, 1.54) is 12.1 Å². The molecule has 0 saturated heterocycles. The second-order valence-electron chi connectivity index (χ2n) is 5.46. The number of imide groups is 1. The van der Waals surface area contributed by atoms with E-state index in [1.807, 2.05) is 0 Å². The van der Waals surface area contributed by atoms with Gasteiger partial charge in [0, 0.05) is 12.1 Å². The van der Waals surface area contributed by atoms with Crippen LogP contribution in [-0.4, -0.2) is 34.3 Å². The van der Waals surface area contributed by atoms with E-state index in [4.69, 9.17) is 9.90 Å². The van der Waals surface area contributed by atoms with Crippen molar-refractivity contribution in [3.8, 4) is 0 Å². The first kappa shape index (κ1) is 18.3. The van der Waals surface area contributed by atoms with Crippen LogP contribution in [0.25, 0.3) is 0 Å². The minimum absolute atomic E-state index is 0.195. The molecule has 1 aliphatic heterocycles. The first-order valence-corrected chi connectivity index (χ1v) is 7.38. The summed E-state index contributed by atoms with van der Waals surface area (Å²) in [6.07, 6.45) is 0.195. The third kappa shape index (κ3) is 3.88. The SMILES string of the molecule is CC(Cc1cc(F)cc(F)c1)N1C(=O)c2ccccc2C1=O.O=CO. The van der Waals surface area contributed by atoms with Crippen molar-refractivity contribution >= 4 is 18.3 Å². The quantitative estimate of drug-likeness (QED) is 0.684. The second-order valence-corrected chi connectivity index (χ2v) is 5.46. The Morgan fingerprint density at radius 2 is 1.48 bits per heavy atom. The van der Waals surface area contributed by atoms with Crippen molar-refractivity contribution in [1.29, 1.82) is 0 Å². The lowest BCUT2D eigenvalue weighted by atomic mass is 10.1. The minimum Gasteiger partial charge on any atom is -0.483 e. The molecular formula is C18H15F2NO4. The Morgan fingerprint density at radius 3 is 1.92 bits per heavy atom. The van der Waals surface area contributed by atoms with Gasteiger partial charge in [-0.25, -0.2) is 8.78 Å². The summed E-state index contributed by atoms with van der Waals surface area (Å²) in [5.74, 6) is -2.09. The highest BCUT2D eigenvalue weighted by Gasteiger charge is 2.37. The summed E-state index contributed by atoms with van der Waals surface area (Å²) in [5.41, 5.74) is 1.14. The summed E-state index contributed by atoms with van der Waals surface area (Å²) in [5, 5.41) is 6.89. The van der Waals surface area contributed by atoms with Crippen molar-refractivity contribution in [1.82, 2.24) is 4.90 Å². The summed E-state index contributed by atoms with van der Waals surface area (Å²) in [6.45, 7) is 1.44. The zero-order chi connectivity index (χ0) is 18.6. The normalized spacial score (nSPS) is 13.8. The fraction of sp³-hybridized carbons (Fsp3) is 0.167. The number of carbonyl (C=O) groups is 3. The fourth-order valence-electron chi connectivity index (χ4n) is 2.77. The average molecular weight is 347 g/mol. The van der Waals surface area contributed by atoms with Gasteiger partial charge in [-0.1, -0.05) is 12.1 Å². The second kappa shape index (κ2) is 7.65. The Balaban J connectivity index is 0.000000701. The van der Waals surface area contributed by atoms with Crippen molar-refractivity contribution in [3.05, 3.63) is 70.8 Å². The lowest BCUT2D eigenvalue weighted by molar-refractivity contribution is -0.122. The molecular weight excluding hydrogens is 332 g/mol. The van der Waals surface area contributed by atoms with E-state index in [1.54, 1.807) is 31.2 Å². The highest BCUT2D eigenvalue weighted by atomic mass is 19.1. The van der Waals surface area contributed by atoms with E-state index in [2.05, 4.69) is 0 Å². The molecule has 0 aliphatic carbocycles. The molecule has 5 nitrogen and oxygen atoms in total. The van der Waals surface area contributed by atoms with Gasteiger partial charge in [-0.3, -0.25) is 19.3 Å². The summed E-state index contributed by atoms with van der Waals surface area (Å²) < 4.78 is 26.5. The Morgan fingerprint density at radius 1 is 1.04 bits per heavy atom. The van der Waals surface area contributed by atoms with Gasteiger partial charge in [-0.15, -0.1) is 0 Å². The van der Waals surface area contributed by atoms with E-state index in [-0.39, 0.29) is 24.7 Å². The number of halogens is 2. The van der Waals surface area contributed by atoms with Gasteiger partial charge in [0.2, 0.25) is 0 Å². The molecule has 1 N–H and O–H groups in total. The van der Waals surface area contributed by atoms with Crippen LogP contribution in [0.3, 0.4) is 0 Å². The van der Waals surface area contributed by atoms with Crippen molar-refractivity contribution < 1.29 is 28.3 Å². The maximum Gasteiger partial charge on any atom is 0.290 e. The minimum atomic E-state index is -0.676. The van der Waals surface area contributed by atoms with E-state index >= 15 is 0 Å². The predicted octanol–water partition coefficient (Wildman–Crippen LogP) is 2.89. The van der Waals surface area contributed by atoms with Gasteiger partial charge in [0.05, 0.1) is 11.1 Å². The third-order valence-electron chi connectivity index (χ3n) is 3.72. The van der Waals surface area contributed by atoms with Gasteiger partial charge in [-0.05, 0) is 43.2 Å². The number of carboxylic acid groups (broad SMARTS) is 1. The smallest absolute Gasteiger partial charge is 0.290 e. The van der Waals surface area contributed by atoms with Gasteiger partial charge in [0.25, 0.3) is 18.3 Å². The largest absolute Gasteiger partial charge is 0.483 e. The Kier molecular flexibility index (Phi) is 5.59. The molecule has 0 spiro atoms. The summed E-state index contributed by atoms with van der Waals surface area (Å²) in [4.78, 5) is 34.2. The van der Waals surface area contributed by atoms with Crippen LogP contribution in [0.4, 0.5) is 8.78 Å². The summed E-state index contributed by atoms with van der Waals surface area (Å²) >= 11 is 0. The molecule has 2 aromatic rings. The van der Waals surface area contributed by atoms with Crippen LogP contribution in [0.15, 0.2) is 42.5 Å². The zero-order valence-electron chi connectivity index (χ0n) is 13.3. The molecule has 130 valence electrons. The molecule has 3 rings (SSSR count). The van der Waals surface area contributed by atoms with Crippen molar-refractivity contribution in [2.24, 2.45) is 0 Å². The Bertz CT molecular complexity index is 767. The van der Waals surface area contributed by atoms with Crippen LogP contribution in [0.5, 0.6) is 0 Å². The van der Waals surface area contributed by atoms with E-state index in [0.717, 1.165) is 11.0 Å². The van der Waals surface area contributed by atoms with Crippen LogP contribution < -0.4 is 0 Å². The number of benzene rings is 2. The molecule has 1 unspecified atom stereocenters. The van der Waals surface area contributed by atoms with Gasteiger partial charge in [0.1, 0.15) is 11.6 Å². The number of rotatable bonds is 3. The molecule has 0 bridgehead atoms. The molecule has 25 heavy (non-hydrogen) atoms. The van der Waals surface area contributed by atoms with Gasteiger partial charge >= 0.3 is 0 Å². The first-order valence-electron chi connectivity index (χ1n) is 7.38. The maximum absolute atomic E-state index is 13.2. The van der Waals surface area contributed by atoms with Crippen molar-refractivity contribution in [3.63, 3.8) is 0 Å². The van der Waals surface area contributed by atoms with Crippen LogP contribution >= 0.6 is 0 Å². The molecule has 0 fully saturated rings. The van der Waals surface area contributed by atoms with E-state index in [0.29, 0.717) is 16.7 Å². The molecule has 0 saturated carbocycles. The summed E-state index contributed by atoms with van der Waals surface area (Å²) in [6, 6.07) is 9.30. The fourth-order valence-corrected chi connectivity index (χ4v) is 2.77. The molecule has 0 radical (unpaired) electrons. The highest BCUT2D eigenvalue weighted by Crippen LogP contribution is 2.25. The highest BCUT2D eigenvalue weighted by molar-refractivity contribution is 6.21. The summed E-state index contributed by atoms with van der Waals surface area (Å²) in [7, 11) is 0. The number of fused-ring (bicyclic) bond motifs is 1. The first-order chi connectivity index (χ1) is 11.9. The maximum atomic E-state index is 13.2. The predicted molar refractivity (Wildman–Crippen MR) is 85.2 cm³/mol. The lowest BCUT2D eigenvalue weighted by Gasteiger charge is -2.22. The van der Waals surface area contributed by atoms with Gasteiger partial charge in [0.15, 0.2) is 0 Å². The molecule has 0 aromatic heterocycles. The molecule has 1 aliphatic rings. The van der Waals surface area contributed by atoms with E-state index in [9.17, 15) is 18.4 Å². The van der Waals surface area contributed by atoms with Crippen LogP contribution in [0, 0.1) is 11.6 Å². The number of hydrogen-bond donors (Lipinski definition) is 1. The molecule has 1 heterocycles. The van der Waals surface area contributed by atoms with Crippen molar-refractivity contribution in [2.45, 2.75) is 19.4 Å². The number of carbonyl (C=O) groups excluding carboxylic acids is 2. The van der Waals surface area contributed by atoms with Crippen LogP contribution in [0.2, 0.25) is 0 Å². The third-order valence-corrected chi connectivity index (χ3v) is 3.72.